The van der Waals surface area contributed by atoms with E-state index in [0.717, 1.165) is 11.3 Å². The second-order valence-corrected chi connectivity index (χ2v) is 4.86. The zero-order valence-electron chi connectivity index (χ0n) is 11.3. The summed E-state index contributed by atoms with van der Waals surface area (Å²) in [4.78, 5) is 15.8. The standard InChI is InChI=1S/C16H18N2O/c1-12(2)14-5-3-13(4-6-14)11-16(19)18-15-7-9-17-10-8-15/h3-10,12H,11H2,1-2H3,(H,17,18,19). The normalized spacial score (nSPS) is 10.5. The highest BCUT2D eigenvalue weighted by Gasteiger charge is 2.05. The van der Waals surface area contributed by atoms with Crippen molar-refractivity contribution in [2.75, 3.05) is 5.32 Å². The monoisotopic (exact) mass is 254 g/mol. The summed E-state index contributed by atoms with van der Waals surface area (Å²) < 4.78 is 0. The first-order valence-corrected chi connectivity index (χ1v) is 6.44. The molecule has 0 saturated heterocycles. The Hall–Kier alpha value is -2.16. The third-order valence-corrected chi connectivity index (χ3v) is 2.98. The Morgan fingerprint density at radius 1 is 1.11 bits per heavy atom. The van der Waals surface area contributed by atoms with Crippen LogP contribution in [0.25, 0.3) is 0 Å². The van der Waals surface area contributed by atoms with Gasteiger partial charge in [0.25, 0.3) is 0 Å². The molecule has 2 rings (SSSR count). The van der Waals surface area contributed by atoms with Gasteiger partial charge in [-0.05, 0) is 29.2 Å². The number of pyridine rings is 1. The second-order valence-electron chi connectivity index (χ2n) is 4.86. The van der Waals surface area contributed by atoms with Crippen LogP contribution in [0.1, 0.15) is 30.9 Å². The molecule has 1 heterocycles. The quantitative estimate of drug-likeness (QED) is 0.908. The molecule has 3 nitrogen and oxygen atoms in total. The largest absolute Gasteiger partial charge is 0.326 e. The fourth-order valence-corrected chi connectivity index (χ4v) is 1.85. The summed E-state index contributed by atoms with van der Waals surface area (Å²) >= 11 is 0. The third kappa shape index (κ3) is 3.91. The topological polar surface area (TPSA) is 42.0 Å². The van der Waals surface area contributed by atoms with Crippen molar-refractivity contribution >= 4 is 11.6 Å². The van der Waals surface area contributed by atoms with Crippen molar-refractivity contribution in [2.45, 2.75) is 26.2 Å². The molecule has 1 N–H and O–H groups in total. The number of hydrogen-bond donors (Lipinski definition) is 1. The lowest BCUT2D eigenvalue weighted by Crippen LogP contribution is -2.14. The minimum atomic E-state index is -0.0107. The molecule has 1 aromatic heterocycles. The summed E-state index contributed by atoms with van der Waals surface area (Å²) in [5.74, 6) is 0.503. The summed E-state index contributed by atoms with van der Waals surface area (Å²) in [5, 5.41) is 2.85. The molecule has 0 aliphatic carbocycles. The van der Waals surface area contributed by atoms with E-state index in [1.54, 1.807) is 24.5 Å². The SMILES string of the molecule is CC(C)c1ccc(CC(=O)Nc2ccncc2)cc1. The molecule has 0 aliphatic rings. The maximum atomic E-state index is 11.9. The predicted molar refractivity (Wildman–Crippen MR) is 77.1 cm³/mol. The van der Waals surface area contributed by atoms with E-state index < -0.39 is 0 Å². The van der Waals surface area contributed by atoms with Gasteiger partial charge in [0.15, 0.2) is 0 Å². The van der Waals surface area contributed by atoms with E-state index in [9.17, 15) is 4.79 Å². The van der Waals surface area contributed by atoms with Crippen molar-refractivity contribution in [3.05, 3.63) is 59.9 Å². The molecule has 0 radical (unpaired) electrons. The van der Waals surface area contributed by atoms with Crippen molar-refractivity contribution in [2.24, 2.45) is 0 Å². The molecular weight excluding hydrogens is 236 g/mol. The summed E-state index contributed by atoms with van der Waals surface area (Å²) in [7, 11) is 0. The third-order valence-electron chi connectivity index (χ3n) is 2.98. The molecule has 3 heteroatoms. The number of carbonyl (C=O) groups excluding carboxylic acids is 1. The molecule has 0 bridgehead atoms. The van der Waals surface area contributed by atoms with Crippen LogP contribution in [0.2, 0.25) is 0 Å². The molecule has 1 aromatic carbocycles. The van der Waals surface area contributed by atoms with Crippen molar-refractivity contribution in [3.63, 3.8) is 0 Å². The van der Waals surface area contributed by atoms with Gasteiger partial charge < -0.3 is 5.32 Å². The predicted octanol–water partition coefficient (Wildman–Crippen LogP) is 3.39. The van der Waals surface area contributed by atoms with Crippen LogP contribution in [0.15, 0.2) is 48.8 Å². The number of amides is 1. The fourth-order valence-electron chi connectivity index (χ4n) is 1.85. The van der Waals surface area contributed by atoms with E-state index in [1.165, 1.54) is 5.56 Å². The maximum Gasteiger partial charge on any atom is 0.228 e. The van der Waals surface area contributed by atoms with Gasteiger partial charge in [0, 0.05) is 18.1 Å². The lowest BCUT2D eigenvalue weighted by molar-refractivity contribution is -0.115. The Balaban J connectivity index is 1.95. The number of aromatic nitrogens is 1. The summed E-state index contributed by atoms with van der Waals surface area (Å²) in [6, 6.07) is 11.8. The molecule has 0 fully saturated rings. The lowest BCUT2D eigenvalue weighted by atomic mass is 10.0. The van der Waals surface area contributed by atoms with E-state index in [4.69, 9.17) is 0 Å². The summed E-state index contributed by atoms with van der Waals surface area (Å²) in [6.45, 7) is 4.32. The molecule has 1 amide bonds. The van der Waals surface area contributed by atoms with Gasteiger partial charge in [0.1, 0.15) is 0 Å². The maximum absolute atomic E-state index is 11.9. The van der Waals surface area contributed by atoms with Gasteiger partial charge in [-0.2, -0.15) is 0 Å². The Morgan fingerprint density at radius 3 is 2.32 bits per heavy atom. The Labute approximate surface area is 113 Å². The number of nitrogens with zero attached hydrogens (tertiary/aromatic N) is 1. The van der Waals surface area contributed by atoms with Crippen LogP contribution in [-0.2, 0) is 11.2 Å². The smallest absolute Gasteiger partial charge is 0.228 e. The van der Waals surface area contributed by atoms with E-state index in [-0.39, 0.29) is 5.91 Å². The number of rotatable bonds is 4. The van der Waals surface area contributed by atoms with Crippen molar-refractivity contribution in [3.8, 4) is 0 Å². The van der Waals surface area contributed by atoms with Crippen LogP contribution < -0.4 is 5.32 Å². The molecule has 2 aromatic rings. The van der Waals surface area contributed by atoms with Crippen LogP contribution in [0.5, 0.6) is 0 Å². The van der Waals surface area contributed by atoms with E-state index in [2.05, 4.69) is 36.3 Å². The number of hydrogen-bond acceptors (Lipinski definition) is 2. The Bertz CT molecular complexity index is 532. The molecule has 19 heavy (non-hydrogen) atoms. The van der Waals surface area contributed by atoms with Gasteiger partial charge in [-0.25, -0.2) is 0 Å². The minimum absolute atomic E-state index is 0.0107. The molecule has 0 atom stereocenters. The molecule has 0 unspecified atom stereocenters. The summed E-state index contributed by atoms with van der Waals surface area (Å²) in [5.41, 5.74) is 3.09. The average molecular weight is 254 g/mol. The zero-order valence-corrected chi connectivity index (χ0v) is 11.3. The number of benzene rings is 1. The highest BCUT2D eigenvalue weighted by Crippen LogP contribution is 2.15. The molecule has 0 spiro atoms. The number of carbonyl (C=O) groups is 1. The van der Waals surface area contributed by atoms with Gasteiger partial charge in [-0.3, -0.25) is 9.78 Å². The second kappa shape index (κ2) is 6.14. The Kier molecular flexibility index (Phi) is 4.29. The molecular formula is C16H18N2O. The highest BCUT2D eigenvalue weighted by atomic mass is 16.1. The van der Waals surface area contributed by atoms with Crippen LogP contribution in [0, 0.1) is 0 Å². The molecule has 0 saturated carbocycles. The first-order valence-electron chi connectivity index (χ1n) is 6.44. The van der Waals surface area contributed by atoms with Crippen LogP contribution >= 0.6 is 0 Å². The van der Waals surface area contributed by atoms with E-state index >= 15 is 0 Å². The fraction of sp³-hybridized carbons (Fsp3) is 0.250. The average Bonchev–Trinajstić information content (AvgIpc) is 2.40. The number of nitrogens with one attached hydrogen (secondary N) is 1. The first-order chi connectivity index (χ1) is 9.15. The number of anilines is 1. The zero-order chi connectivity index (χ0) is 13.7. The van der Waals surface area contributed by atoms with Gasteiger partial charge >= 0.3 is 0 Å². The van der Waals surface area contributed by atoms with Crippen LogP contribution in [0.3, 0.4) is 0 Å². The van der Waals surface area contributed by atoms with E-state index in [1.807, 2.05) is 12.1 Å². The van der Waals surface area contributed by atoms with Gasteiger partial charge in [-0.1, -0.05) is 38.1 Å². The lowest BCUT2D eigenvalue weighted by Gasteiger charge is -2.07. The van der Waals surface area contributed by atoms with Crippen LogP contribution in [0.4, 0.5) is 5.69 Å². The van der Waals surface area contributed by atoms with Crippen molar-refractivity contribution < 1.29 is 4.79 Å². The molecule has 0 aliphatic heterocycles. The van der Waals surface area contributed by atoms with E-state index in [0.29, 0.717) is 12.3 Å². The molecule has 98 valence electrons. The Morgan fingerprint density at radius 2 is 1.74 bits per heavy atom. The summed E-state index contributed by atoms with van der Waals surface area (Å²) in [6.07, 6.45) is 3.71. The minimum Gasteiger partial charge on any atom is -0.326 e. The van der Waals surface area contributed by atoms with Gasteiger partial charge in [-0.15, -0.1) is 0 Å². The highest BCUT2D eigenvalue weighted by molar-refractivity contribution is 5.92. The van der Waals surface area contributed by atoms with Gasteiger partial charge in [0.05, 0.1) is 6.42 Å². The van der Waals surface area contributed by atoms with Crippen molar-refractivity contribution in [1.29, 1.82) is 0 Å². The van der Waals surface area contributed by atoms with Gasteiger partial charge in [0.2, 0.25) is 5.91 Å². The van der Waals surface area contributed by atoms with Crippen molar-refractivity contribution in [1.82, 2.24) is 4.98 Å². The first kappa shape index (κ1) is 13.3. The van der Waals surface area contributed by atoms with Crippen LogP contribution in [-0.4, -0.2) is 10.9 Å².